The number of nitrogens with zero attached hydrogens (tertiary/aromatic N) is 1. The van der Waals surface area contributed by atoms with Crippen molar-refractivity contribution in [3.05, 3.63) is 91.4 Å². The number of hydrogen-bond donors (Lipinski definition) is 1. The van der Waals surface area contributed by atoms with Gasteiger partial charge in [0.15, 0.2) is 11.5 Å². The summed E-state index contributed by atoms with van der Waals surface area (Å²) in [6.07, 6.45) is 1.43. The number of barbiturate groups is 1. The van der Waals surface area contributed by atoms with Crippen LogP contribution < -0.4 is 19.7 Å². The number of benzene rings is 3. The topological polar surface area (TPSA) is 84.9 Å². The highest BCUT2D eigenvalue weighted by Gasteiger charge is 2.37. The summed E-state index contributed by atoms with van der Waals surface area (Å²) in [7, 11) is 0. The third-order valence-electron chi connectivity index (χ3n) is 5.61. The maximum absolute atomic E-state index is 13.3. The zero-order chi connectivity index (χ0) is 26.7. The van der Waals surface area contributed by atoms with Crippen LogP contribution in [0.2, 0.25) is 0 Å². The summed E-state index contributed by atoms with van der Waals surface area (Å²) >= 11 is 6.95. The molecule has 37 heavy (non-hydrogen) atoms. The van der Waals surface area contributed by atoms with Gasteiger partial charge < -0.3 is 9.47 Å². The zero-order valence-corrected chi connectivity index (χ0v) is 23.6. The van der Waals surface area contributed by atoms with Crippen LogP contribution in [0.4, 0.5) is 10.5 Å². The van der Waals surface area contributed by atoms with Gasteiger partial charge in [-0.25, -0.2) is 9.69 Å². The van der Waals surface area contributed by atoms with Crippen LogP contribution in [0.15, 0.2) is 69.1 Å². The summed E-state index contributed by atoms with van der Waals surface area (Å²) in [5.41, 5.74) is 3.69. The molecule has 1 aliphatic rings. The summed E-state index contributed by atoms with van der Waals surface area (Å²) in [6, 6.07) is 15.7. The van der Waals surface area contributed by atoms with Gasteiger partial charge in [-0.1, -0.05) is 45.8 Å². The van der Waals surface area contributed by atoms with Gasteiger partial charge in [-0.15, -0.1) is 0 Å². The third-order valence-corrected chi connectivity index (χ3v) is 7.09. The lowest BCUT2D eigenvalue weighted by Gasteiger charge is -2.26. The highest BCUT2D eigenvalue weighted by Crippen LogP contribution is 2.38. The Labute approximate surface area is 231 Å². The number of hydrogen-bond acceptors (Lipinski definition) is 5. The molecule has 0 bridgehead atoms. The number of aryl methyl sites for hydroxylation is 2. The van der Waals surface area contributed by atoms with E-state index in [2.05, 4.69) is 37.2 Å². The van der Waals surface area contributed by atoms with E-state index < -0.39 is 17.8 Å². The fourth-order valence-corrected chi connectivity index (χ4v) is 4.68. The molecule has 1 fully saturated rings. The van der Waals surface area contributed by atoms with Gasteiger partial charge in [-0.2, -0.15) is 0 Å². The number of amides is 4. The molecule has 0 aliphatic carbocycles. The molecule has 0 radical (unpaired) electrons. The van der Waals surface area contributed by atoms with Gasteiger partial charge in [0.1, 0.15) is 12.2 Å². The molecule has 3 aromatic rings. The molecule has 1 N–H and O–H groups in total. The minimum atomic E-state index is -0.801. The lowest BCUT2D eigenvalue weighted by atomic mass is 10.1. The number of halogens is 2. The van der Waals surface area contributed by atoms with Gasteiger partial charge >= 0.3 is 6.03 Å². The molecular weight excluding hydrogens is 604 g/mol. The second-order valence-corrected chi connectivity index (χ2v) is 10.1. The van der Waals surface area contributed by atoms with E-state index in [-0.39, 0.29) is 5.57 Å². The molecule has 0 spiro atoms. The first-order chi connectivity index (χ1) is 17.7. The van der Waals surface area contributed by atoms with Gasteiger partial charge in [0, 0.05) is 4.47 Å². The number of carbonyl (C=O) groups is 3. The molecular formula is C28H24Br2N2O5. The van der Waals surface area contributed by atoms with Crippen molar-refractivity contribution in [2.75, 3.05) is 11.5 Å². The third kappa shape index (κ3) is 5.94. The largest absolute Gasteiger partial charge is 0.490 e. The number of nitrogens with one attached hydrogen (secondary N) is 1. The van der Waals surface area contributed by atoms with Crippen molar-refractivity contribution in [2.24, 2.45) is 0 Å². The van der Waals surface area contributed by atoms with E-state index in [1.165, 1.54) is 6.08 Å². The van der Waals surface area contributed by atoms with Gasteiger partial charge in [-0.3, -0.25) is 14.9 Å². The Balaban J connectivity index is 1.67. The molecule has 1 heterocycles. The quantitative estimate of drug-likeness (QED) is 0.240. The van der Waals surface area contributed by atoms with Crippen molar-refractivity contribution in [2.45, 2.75) is 27.4 Å². The Hall–Kier alpha value is -3.43. The summed E-state index contributed by atoms with van der Waals surface area (Å²) < 4.78 is 13.3. The number of urea groups is 1. The van der Waals surface area contributed by atoms with Crippen LogP contribution in [0.5, 0.6) is 11.5 Å². The van der Waals surface area contributed by atoms with Crippen molar-refractivity contribution in [1.29, 1.82) is 0 Å². The van der Waals surface area contributed by atoms with Crippen LogP contribution in [0.25, 0.3) is 6.08 Å². The van der Waals surface area contributed by atoms with E-state index in [1.54, 1.807) is 30.3 Å². The van der Waals surface area contributed by atoms with E-state index in [0.29, 0.717) is 40.4 Å². The van der Waals surface area contributed by atoms with Crippen LogP contribution in [0, 0.1) is 13.8 Å². The van der Waals surface area contributed by atoms with E-state index in [0.717, 1.165) is 26.1 Å². The molecule has 3 aromatic carbocycles. The SMILES string of the molecule is CCOc1cc(/C=C2\C(=O)NC(=O)N(c3ccc(Br)c(C)c3)C2=O)cc(Br)c1OCc1cccc(C)c1. The number of ether oxygens (including phenoxy) is 2. The molecule has 4 amide bonds. The fraction of sp³-hybridized carbons (Fsp3) is 0.179. The first-order valence-corrected chi connectivity index (χ1v) is 13.1. The van der Waals surface area contributed by atoms with Crippen LogP contribution in [-0.4, -0.2) is 24.5 Å². The molecule has 9 heteroatoms. The van der Waals surface area contributed by atoms with Crippen molar-refractivity contribution in [1.82, 2.24) is 5.32 Å². The lowest BCUT2D eigenvalue weighted by Crippen LogP contribution is -2.54. The molecule has 1 aliphatic heterocycles. The Kier molecular flexibility index (Phi) is 8.14. The van der Waals surface area contributed by atoms with E-state index in [4.69, 9.17) is 9.47 Å². The van der Waals surface area contributed by atoms with Crippen LogP contribution in [0.1, 0.15) is 29.2 Å². The van der Waals surface area contributed by atoms with Crippen molar-refractivity contribution < 1.29 is 23.9 Å². The predicted octanol–water partition coefficient (Wildman–Crippen LogP) is 6.47. The number of anilines is 1. The molecule has 190 valence electrons. The van der Waals surface area contributed by atoms with E-state index in [9.17, 15) is 14.4 Å². The molecule has 7 nitrogen and oxygen atoms in total. The maximum Gasteiger partial charge on any atom is 0.335 e. The Morgan fingerprint density at radius 3 is 2.43 bits per heavy atom. The lowest BCUT2D eigenvalue weighted by molar-refractivity contribution is -0.122. The van der Waals surface area contributed by atoms with Gasteiger partial charge in [-0.05, 0) is 89.8 Å². The van der Waals surface area contributed by atoms with Crippen LogP contribution in [-0.2, 0) is 16.2 Å². The standard InChI is InChI=1S/C28H24Br2N2O5/c1-4-36-24-14-19(13-23(30)25(24)37-15-18-7-5-6-16(2)10-18)12-21-26(33)31-28(35)32(27(21)34)20-8-9-22(29)17(3)11-20/h5-14H,4,15H2,1-3H3,(H,31,33,35)/b21-12+. The summed E-state index contributed by atoms with van der Waals surface area (Å²) in [4.78, 5) is 39.4. The fourth-order valence-electron chi connectivity index (χ4n) is 3.86. The maximum atomic E-state index is 13.3. The first-order valence-electron chi connectivity index (χ1n) is 11.5. The zero-order valence-electron chi connectivity index (χ0n) is 20.4. The highest BCUT2D eigenvalue weighted by atomic mass is 79.9. The van der Waals surface area contributed by atoms with E-state index in [1.807, 2.05) is 45.0 Å². The van der Waals surface area contributed by atoms with Crippen molar-refractivity contribution >= 4 is 61.5 Å². The normalized spacial score (nSPS) is 14.7. The number of carbonyl (C=O) groups excluding carboxylic acids is 3. The van der Waals surface area contributed by atoms with Crippen molar-refractivity contribution in [3.8, 4) is 11.5 Å². The number of rotatable bonds is 7. The number of imide groups is 2. The minimum Gasteiger partial charge on any atom is -0.490 e. The molecule has 0 unspecified atom stereocenters. The minimum absolute atomic E-state index is 0.178. The highest BCUT2D eigenvalue weighted by molar-refractivity contribution is 9.10. The Morgan fingerprint density at radius 2 is 1.73 bits per heavy atom. The summed E-state index contributed by atoms with van der Waals surface area (Å²) in [5.74, 6) is -0.526. The molecule has 1 saturated heterocycles. The summed E-state index contributed by atoms with van der Waals surface area (Å²) in [5, 5.41) is 2.25. The molecule has 0 atom stereocenters. The van der Waals surface area contributed by atoms with Crippen LogP contribution >= 0.6 is 31.9 Å². The Morgan fingerprint density at radius 1 is 0.946 bits per heavy atom. The monoisotopic (exact) mass is 626 g/mol. The molecule has 0 aromatic heterocycles. The van der Waals surface area contributed by atoms with Gasteiger partial charge in [0.2, 0.25) is 0 Å². The van der Waals surface area contributed by atoms with Gasteiger partial charge in [0.05, 0.1) is 16.8 Å². The Bertz CT molecular complexity index is 1430. The second-order valence-electron chi connectivity index (χ2n) is 8.43. The van der Waals surface area contributed by atoms with Crippen LogP contribution in [0.3, 0.4) is 0 Å². The average molecular weight is 628 g/mol. The summed E-state index contributed by atoms with van der Waals surface area (Å²) in [6.45, 7) is 6.44. The first kappa shape index (κ1) is 26.6. The van der Waals surface area contributed by atoms with E-state index >= 15 is 0 Å². The predicted molar refractivity (Wildman–Crippen MR) is 149 cm³/mol. The van der Waals surface area contributed by atoms with Gasteiger partial charge in [0.25, 0.3) is 11.8 Å². The smallest absolute Gasteiger partial charge is 0.335 e. The van der Waals surface area contributed by atoms with Crippen molar-refractivity contribution in [3.63, 3.8) is 0 Å². The average Bonchev–Trinajstić information content (AvgIpc) is 2.83. The molecule has 0 saturated carbocycles. The second kappa shape index (κ2) is 11.3. The molecule has 4 rings (SSSR count).